The fraction of sp³-hybridized carbons (Fsp3) is 0.0800. The highest BCUT2D eigenvalue weighted by molar-refractivity contribution is 8.27. The van der Waals surface area contributed by atoms with Gasteiger partial charge in [0.05, 0.1) is 16.2 Å². The fourth-order valence-corrected chi connectivity index (χ4v) is 4.64. The molecule has 2 amide bonds. The van der Waals surface area contributed by atoms with Crippen LogP contribution in [0.5, 0.6) is 5.75 Å². The zero-order valence-electron chi connectivity index (χ0n) is 18.2. The molecule has 0 unspecified atom stereocenters. The number of rotatable bonds is 6. The summed E-state index contributed by atoms with van der Waals surface area (Å²) in [6, 6.07) is 17.8. The van der Waals surface area contributed by atoms with E-state index >= 15 is 0 Å². The van der Waals surface area contributed by atoms with E-state index in [4.69, 9.17) is 28.6 Å². The second-order valence-electron chi connectivity index (χ2n) is 7.48. The number of thioether (sulfide) groups is 1. The summed E-state index contributed by atoms with van der Waals surface area (Å²) in [5.41, 5.74) is 0.497. The average Bonchev–Trinajstić information content (AvgIpc) is 3.11. The normalized spacial score (nSPS) is 14.9. The van der Waals surface area contributed by atoms with Crippen LogP contribution in [0.4, 0.5) is 24.5 Å². The van der Waals surface area contributed by atoms with Crippen LogP contribution in [0.15, 0.2) is 77.7 Å². The SMILES string of the molecule is O=C(COc1ccc(/C=C2\SC(=S)N(c3ccc(Cl)cc3)C2=O)cc1)Nc1cccc(C(F)(F)F)c1. The van der Waals surface area contributed by atoms with Crippen molar-refractivity contribution in [2.24, 2.45) is 0 Å². The molecule has 0 radical (unpaired) electrons. The number of carbonyl (C=O) groups is 2. The maximum Gasteiger partial charge on any atom is 0.416 e. The highest BCUT2D eigenvalue weighted by Crippen LogP contribution is 2.36. The molecule has 36 heavy (non-hydrogen) atoms. The van der Waals surface area contributed by atoms with Gasteiger partial charge in [0.1, 0.15) is 5.75 Å². The Balaban J connectivity index is 1.35. The maximum absolute atomic E-state index is 12.9. The number of nitrogens with one attached hydrogen (secondary N) is 1. The van der Waals surface area contributed by atoms with E-state index < -0.39 is 24.3 Å². The van der Waals surface area contributed by atoms with Crippen molar-refractivity contribution < 1.29 is 27.5 Å². The van der Waals surface area contributed by atoms with E-state index in [0.717, 1.165) is 12.1 Å². The summed E-state index contributed by atoms with van der Waals surface area (Å²) in [4.78, 5) is 26.8. The minimum atomic E-state index is -4.51. The predicted molar refractivity (Wildman–Crippen MR) is 139 cm³/mol. The molecule has 3 aromatic carbocycles. The molecule has 0 atom stereocenters. The number of hydrogen-bond donors (Lipinski definition) is 1. The number of amides is 2. The van der Waals surface area contributed by atoms with E-state index in [9.17, 15) is 22.8 Å². The molecular formula is C25H16ClF3N2O3S2. The van der Waals surface area contributed by atoms with Crippen molar-refractivity contribution in [3.05, 3.63) is 93.9 Å². The summed E-state index contributed by atoms with van der Waals surface area (Å²) in [6.45, 7) is -0.394. The first-order chi connectivity index (χ1) is 17.1. The first kappa shape index (κ1) is 25.7. The molecule has 5 nitrogen and oxygen atoms in total. The number of benzene rings is 3. The highest BCUT2D eigenvalue weighted by atomic mass is 35.5. The molecular weight excluding hydrogens is 533 g/mol. The van der Waals surface area contributed by atoms with Gasteiger partial charge in [0.15, 0.2) is 10.9 Å². The predicted octanol–water partition coefficient (Wildman–Crippen LogP) is 6.78. The van der Waals surface area contributed by atoms with Crippen molar-refractivity contribution in [2.45, 2.75) is 6.18 Å². The Kier molecular flexibility index (Phi) is 7.67. The second-order valence-corrected chi connectivity index (χ2v) is 9.59. The molecule has 4 rings (SSSR count). The third-order valence-electron chi connectivity index (χ3n) is 4.90. The lowest BCUT2D eigenvalue weighted by Gasteiger charge is -2.14. The number of hydrogen-bond acceptors (Lipinski definition) is 5. The van der Waals surface area contributed by atoms with Gasteiger partial charge in [-0.1, -0.05) is 53.8 Å². The Hall–Kier alpha value is -3.34. The Morgan fingerprint density at radius 1 is 1.08 bits per heavy atom. The van der Waals surface area contributed by atoms with Gasteiger partial charge in [0.2, 0.25) is 0 Å². The molecule has 1 aliphatic heterocycles. The molecule has 1 fully saturated rings. The van der Waals surface area contributed by atoms with Gasteiger partial charge in [-0.3, -0.25) is 14.5 Å². The molecule has 1 N–H and O–H groups in total. The number of ether oxygens (including phenoxy) is 1. The summed E-state index contributed by atoms with van der Waals surface area (Å²) in [5, 5.41) is 2.93. The number of alkyl halides is 3. The number of carbonyl (C=O) groups excluding carboxylic acids is 2. The summed E-state index contributed by atoms with van der Waals surface area (Å²) >= 11 is 12.5. The average molecular weight is 549 g/mol. The molecule has 184 valence electrons. The minimum absolute atomic E-state index is 0.0182. The van der Waals surface area contributed by atoms with Crippen molar-refractivity contribution in [2.75, 3.05) is 16.8 Å². The zero-order valence-corrected chi connectivity index (χ0v) is 20.6. The Bertz CT molecular complexity index is 1340. The standard InChI is InChI=1S/C25H16ClF3N2O3S2/c26-17-6-8-19(9-7-17)31-23(33)21(36-24(31)35)12-15-4-10-20(11-5-15)34-14-22(32)30-18-3-1-2-16(13-18)25(27,28)29/h1-13H,14H2,(H,30,32)/b21-12-. The van der Waals surface area contributed by atoms with Gasteiger partial charge in [-0.05, 0) is 66.2 Å². The molecule has 1 heterocycles. The first-order valence-corrected chi connectivity index (χ1v) is 11.9. The van der Waals surface area contributed by atoms with Crippen LogP contribution >= 0.6 is 35.6 Å². The van der Waals surface area contributed by atoms with Gasteiger partial charge < -0.3 is 10.1 Å². The molecule has 0 saturated carbocycles. The molecule has 0 spiro atoms. The molecule has 0 bridgehead atoms. The lowest BCUT2D eigenvalue weighted by atomic mass is 10.2. The smallest absolute Gasteiger partial charge is 0.416 e. The van der Waals surface area contributed by atoms with Gasteiger partial charge in [0, 0.05) is 10.7 Å². The van der Waals surface area contributed by atoms with E-state index in [1.807, 2.05) is 0 Å². The van der Waals surface area contributed by atoms with Crippen LogP contribution in [-0.2, 0) is 15.8 Å². The van der Waals surface area contributed by atoms with Crippen LogP contribution in [0.3, 0.4) is 0 Å². The Morgan fingerprint density at radius 2 is 1.78 bits per heavy atom. The largest absolute Gasteiger partial charge is 0.484 e. The first-order valence-electron chi connectivity index (χ1n) is 10.3. The zero-order chi connectivity index (χ0) is 25.9. The van der Waals surface area contributed by atoms with Crippen LogP contribution < -0.4 is 15.0 Å². The molecule has 0 aliphatic carbocycles. The summed E-state index contributed by atoms with van der Waals surface area (Å²) in [5.74, 6) is -0.483. The van der Waals surface area contributed by atoms with Gasteiger partial charge in [-0.15, -0.1) is 0 Å². The third-order valence-corrected chi connectivity index (χ3v) is 6.45. The van der Waals surface area contributed by atoms with Crippen LogP contribution in [0, 0.1) is 0 Å². The van der Waals surface area contributed by atoms with Crippen molar-refractivity contribution >= 4 is 69.2 Å². The monoisotopic (exact) mass is 548 g/mol. The van der Waals surface area contributed by atoms with E-state index in [2.05, 4.69) is 5.32 Å². The van der Waals surface area contributed by atoms with E-state index in [1.54, 1.807) is 54.6 Å². The van der Waals surface area contributed by atoms with E-state index in [-0.39, 0.29) is 11.6 Å². The summed E-state index contributed by atoms with van der Waals surface area (Å²) in [6.07, 6.45) is -2.81. The second kappa shape index (κ2) is 10.7. The lowest BCUT2D eigenvalue weighted by Crippen LogP contribution is -2.27. The topological polar surface area (TPSA) is 58.6 Å². The quantitative estimate of drug-likeness (QED) is 0.272. The Morgan fingerprint density at radius 3 is 2.44 bits per heavy atom. The molecule has 1 aliphatic rings. The fourth-order valence-electron chi connectivity index (χ4n) is 3.21. The van der Waals surface area contributed by atoms with Crippen LogP contribution in [0.1, 0.15) is 11.1 Å². The number of halogens is 4. The third kappa shape index (κ3) is 6.26. The van der Waals surface area contributed by atoms with Crippen molar-refractivity contribution in [1.29, 1.82) is 0 Å². The maximum atomic E-state index is 12.9. The molecule has 11 heteroatoms. The summed E-state index contributed by atoms with van der Waals surface area (Å²) in [7, 11) is 0. The van der Waals surface area contributed by atoms with E-state index in [1.165, 1.54) is 28.8 Å². The molecule has 0 aromatic heterocycles. The van der Waals surface area contributed by atoms with Crippen molar-refractivity contribution in [3.63, 3.8) is 0 Å². The lowest BCUT2D eigenvalue weighted by molar-refractivity contribution is -0.137. The van der Waals surface area contributed by atoms with Gasteiger partial charge in [-0.25, -0.2) is 0 Å². The van der Waals surface area contributed by atoms with Crippen molar-refractivity contribution in [3.8, 4) is 5.75 Å². The van der Waals surface area contributed by atoms with Gasteiger partial charge in [-0.2, -0.15) is 13.2 Å². The minimum Gasteiger partial charge on any atom is -0.484 e. The summed E-state index contributed by atoms with van der Waals surface area (Å²) < 4.78 is 44.3. The van der Waals surface area contributed by atoms with Gasteiger partial charge >= 0.3 is 6.18 Å². The van der Waals surface area contributed by atoms with Crippen LogP contribution in [-0.4, -0.2) is 22.7 Å². The number of nitrogens with zero attached hydrogens (tertiary/aromatic N) is 1. The highest BCUT2D eigenvalue weighted by Gasteiger charge is 2.33. The van der Waals surface area contributed by atoms with E-state index in [0.29, 0.717) is 31.2 Å². The Labute approximate surface area is 218 Å². The number of anilines is 2. The van der Waals surface area contributed by atoms with Gasteiger partial charge in [0.25, 0.3) is 11.8 Å². The van der Waals surface area contributed by atoms with Crippen LogP contribution in [0.2, 0.25) is 5.02 Å². The molecule has 1 saturated heterocycles. The van der Waals surface area contributed by atoms with Crippen molar-refractivity contribution in [1.82, 2.24) is 0 Å². The number of thiocarbonyl (C=S) groups is 1. The molecule has 3 aromatic rings. The van der Waals surface area contributed by atoms with Crippen LogP contribution in [0.25, 0.3) is 6.08 Å².